The summed E-state index contributed by atoms with van der Waals surface area (Å²) < 4.78 is 5.28. The van der Waals surface area contributed by atoms with E-state index in [0.717, 1.165) is 51.4 Å². The Morgan fingerprint density at radius 2 is 2.12 bits per heavy atom. The number of nitrogens with zero attached hydrogens (tertiary/aromatic N) is 1. The molecule has 1 atom stereocenters. The van der Waals surface area contributed by atoms with E-state index in [2.05, 4.69) is 5.32 Å². The molecule has 98 valence electrons. The molecule has 2 saturated heterocycles. The Bertz CT molecular complexity index is 252. The van der Waals surface area contributed by atoms with Gasteiger partial charge in [0.05, 0.1) is 6.10 Å². The van der Waals surface area contributed by atoms with Crippen molar-refractivity contribution in [3.05, 3.63) is 0 Å². The van der Waals surface area contributed by atoms with Crippen LogP contribution in [0.1, 0.15) is 32.1 Å². The summed E-state index contributed by atoms with van der Waals surface area (Å²) in [6, 6.07) is 0. The summed E-state index contributed by atoms with van der Waals surface area (Å²) in [4.78, 5) is 14.0. The van der Waals surface area contributed by atoms with E-state index in [1.165, 1.54) is 12.8 Å². The van der Waals surface area contributed by atoms with Crippen LogP contribution in [0.2, 0.25) is 0 Å². The van der Waals surface area contributed by atoms with Crippen molar-refractivity contribution in [3.63, 3.8) is 0 Å². The molecule has 2 heterocycles. The Balaban J connectivity index is 1.66. The topological polar surface area (TPSA) is 41.6 Å². The number of carbonyl (C=O) groups is 1. The van der Waals surface area contributed by atoms with Gasteiger partial charge >= 0.3 is 0 Å². The summed E-state index contributed by atoms with van der Waals surface area (Å²) in [5, 5.41) is 3.36. The van der Waals surface area contributed by atoms with Gasteiger partial charge in [-0.05, 0) is 44.7 Å². The van der Waals surface area contributed by atoms with E-state index in [-0.39, 0.29) is 6.10 Å². The SMILES string of the molecule is COC1CCN(C(=O)CCC2CCNCC2)C1. The normalized spacial score (nSPS) is 26.4. The first-order chi connectivity index (χ1) is 8.29. The molecule has 1 amide bonds. The molecular weight excluding hydrogens is 216 g/mol. The number of amides is 1. The molecule has 0 saturated carbocycles. The number of carbonyl (C=O) groups excluding carboxylic acids is 1. The van der Waals surface area contributed by atoms with Crippen molar-refractivity contribution < 1.29 is 9.53 Å². The summed E-state index contributed by atoms with van der Waals surface area (Å²) >= 11 is 0. The highest BCUT2D eigenvalue weighted by Crippen LogP contribution is 2.20. The zero-order chi connectivity index (χ0) is 12.1. The average Bonchev–Trinajstić information content (AvgIpc) is 2.86. The second-order valence-corrected chi connectivity index (χ2v) is 5.22. The third kappa shape index (κ3) is 3.68. The van der Waals surface area contributed by atoms with Crippen LogP contribution in [-0.2, 0) is 9.53 Å². The van der Waals surface area contributed by atoms with Gasteiger partial charge in [0, 0.05) is 26.6 Å². The molecule has 1 N–H and O–H groups in total. The van der Waals surface area contributed by atoms with Crippen LogP contribution in [0.25, 0.3) is 0 Å². The maximum absolute atomic E-state index is 12.0. The minimum absolute atomic E-state index is 0.262. The van der Waals surface area contributed by atoms with Crippen molar-refractivity contribution in [1.82, 2.24) is 10.2 Å². The first-order valence-corrected chi connectivity index (χ1v) is 6.81. The van der Waals surface area contributed by atoms with Gasteiger partial charge in [-0.15, -0.1) is 0 Å². The zero-order valence-electron chi connectivity index (χ0n) is 10.8. The van der Waals surface area contributed by atoms with Gasteiger partial charge in [-0.25, -0.2) is 0 Å². The maximum atomic E-state index is 12.0. The average molecular weight is 240 g/mol. The molecule has 0 radical (unpaired) electrons. The van der Waals surface area contributed by atoms with Gasteiger partial charge in [-0.2, -0.15) is 0 Å². The van der Waals surface area contributed by atoms with Crippen LogP contribution >= 0.6 is 0 Å². The molecule has 17 heavy (non-hydrogen) atoms. The maximum Gasteiger partial charge on any atom is 0.222 e. The second-order valence-electron chi connectivity index (χ2n) is 5.22. The van der Waals surface area contributed by atoms with E-state index in [1.807, 2.05) is 4.90 Å². The van der Waals surface area contributed by atoms with Gasteiger partial charge in [-0.1, -0.05) is 0 Å². The van der Waals surface area contributed by atoms with E-state index in [9.17, 15) is 4.79 Å². The van der Waals surface area contributed by atoms with E-state index in [4.69, 9.17) is 4.74 Å². The molecule has 0 spiro atoms. The standard InChI is InChI=1S/C13H24N2O2/c1-17-12-6-9-15(10-12)13(16)3-2-11-4-7-14-8-5-11/h11-12,14H,2-10H2,1H3. The lowest BCUT2D eigenvalue weighted by Gasteiger charge is -2.23. The molecular formula is C13H24N2O2. The van der Waals surface area contributed by atoms with Crippen LogP contribution in [-0.4, -0.2) is 50.2 Å². The second kappa shape index (κ2) is 6.36. The van der Waals surface area contributed by atoms with E-state index >= 15 is 0 Å². The Labute approximate surface area is 104 Å². The highest BCUT2D eigenvalue weighted by Gasteiger charge is 2.26. The van der Waals surface area contributed by atoms with Crippen molar-refractivity contribution in [1.29, 1.82) is 0 Å². The first-order valence-electron chi connectivity index (χ1n) is 6.81. The highest BCUT2D eigenvalue weighted by atomic mass is 16.5. The molecule has 0 bridgehead atoms. The van der Waals surface area contributed by atoms with E-state index in [0.29, 0.717) is 5.91 Å². The third-order valence-electron chi connectivity index (χ3n) is 4.06. The molecule has 4 heteroatoms. The minimum atomic E-state index is 0.262. The molecule has 2 fully saturated rings. The number of nitrogens with one attached hydrogen (secondary N) is 1. The number of hydrogen-bond donors (Lipinski definition) is 1. The Morgan fingerprint density at radius 1 is 1.35 bits per heavy atom. The fraction of sp³-hybridized carbons (Fsp3) is 0.923. The van der Waals surface area contributed by atoms with Crippen molar-refractivity contribution in [3.8, 4) is 0 Å². The van der Waals surface area contributed by atoms with E-state index in [1.54, 1.807) is 7.11 Å². The lowest BCUT2D eigenvalue weighted by molar-refractivity contribution is -0.130. The molecule has 0 aromatic heterocycles. The largest absolute Gasteiger partial charge is 0.380 e. The smallest absolute Gasteiger partial charge is 0.222 e. The van der Waals surface area contributed by atoms with Crippen LogP contribution in [0.3, 0.4) is 0 Å². The lowest BCUT2D eigenvalue weighted by Crippen LogP contribution is -2.31. The zero-order valence-corrected chi connectivity index (χ0v) is 10.8. The highest BCUT2D eigenvalue weighted by molar-refractivity contribution is 5.76. The molecule has 2 rings (SSSR count). The van der Waals surface area contributed by atoms with Gasteiger partial charge in [0.2, 0.25) is 5.91 Å². The summed E-state index contributed by atoms with van der Waals surface area (Å²) in [5.74, 6) is 1.07. The lowest BCUT2D eigenvalue weighted by atomic mass is 9.93. The summed E-state index contributed by atoms with van der Waals surface area (Å²) in [5.41, 5.74) is 0. The molecule has 1 unspecified atom stereocenters. The summed E-state index contributed by atoms with van der Waals surface area (Å²) in [6.07, 6.45) is 5.51. The fourth-order valence-electron chi connectivity index (χ4n) is 2.80. The molecule has 0 aromatic carbocycles. The molecule has 2 aliphatic heterocycles. The number of ether oxygens (including phenoxy) is 1. The monoisotopic (exact) mass is 240 g/mol. The minimum Gasteiger partial charge on any atom is -0.380 e. The van der Waals surface area contributed by atoms with Crippen LogP contribution in [0.15, 0.2) is 0 Å². The van der Waals surface area contributed by atoms with Gasteiger partial charge < -0.3 is 15.0 Å². The quantitative estimate of drug-likeness (QED) is 0.797. The summed E-state index contributed by atoms with van der Waals surface area (Å²) in [6.45, 7) is 3.91. The fourth-order valence-corrected chi connectivity index (χ4v) is 2.80. The van der Waals surface area contributed by atoms with Gasteiger partial charge in [0.1, 0.15) is 0 Å². The number of hydrogen-bond acceptors (Lipinski definition) is 3. The van der Waals surface area contributed by atoms with Crippen molar-refractivity contribution in [2.24, 2.45) is 5.92 Å². The van der Waals surface area contributed by atoms with Crippen molar-refractivity contribution in [2.45, 2.75) is 38.2 Å². The van der Waals surface area contributed by atoms with Crippen molar-refractivity contribution >= 4 is 5.91 Å². The van der Waals surface area contributed by atoms with Gasteiger partial charge in [0.25, 0.3) is 0 Å². The number of piperidine rings is 1. The van der Waals surface area contributed by atoms with Gasteiger partial charge in [-0.3, -0.25) is 4.79 Å². The van der Waals surface area contributed by atoms with Gasteiger partial charge in [0.15, 0.2) is 0 Å². The van der Waals surface area contributed by atoms with Crippen LogP contribution in [0.4, 0.5) is 0 Å². The molecule has 2 aliphatic rings. The predicted molar refractivity (Wildman–Crippen MR) is 66.8 cm³/mol. The number of methoxy groups -OCH3 is 1. The Morgan fingerprint density at radius 3 is 2.76 bits per heavy atom. The molecule has 0 aromatic rings. The Hall–Kier alpha value is -0.610. The Kier molecular flexibility index (Phi) is 4.80. The number of likely N-dealkylation sites (tertiary alicyclic amines) is 1. The van der Waals surface area contributed by atoms with Crippen LogP contribution in [0.5, 0.6) is 0 Å². The summed E-state index contributed by atoms with van der Waals surface area (Å²) in [7, 11) is 1.73. The van der Waals surface area contributed by atoms with Crippen molar-refractivity contribution in [2.75, 3.05) is 33.3 Å². The third-order valence-corrected chi connectivity index (χ3v) is 4.06. The van der Waals surface area contributed by atoms with Crippen LogP contribution in [0, 0.1) is 5.92 Å². The predicted octanol–water partition coefficient (Wildman–Crippen LogP) is 1.01. The number of rotatable bonds is 4. The first kappa shape index (κ1) is 12.8. The molecule has 0 aliphatic carbocycles. The van der Waals surface area contributed by atoms with Crippen LogP contribution < -0.4 is 5.32 Å². The molecule has 4 nitrogen and oxygen atoms in total. The van der Waals surface area contributed by atoms with E-state index < -0.39 is 0 Å².